The highest BCUT2D eigenvalue weighted by atomic mass is 19.1. The molecule has 0 fully saturated rings. The first-order valence-corrected chi connectivity index (χ1v) is 11.5. The van der Waals surface area contributed by atoms with Crippen molar-refractivity contribution in [1.82, 2.24) is 15.1 Å². The standard InChI is InChI=1S/C29H21FN4O3/c30-23-16-14-20(15-17-23)26-19-27(33(32-26)24-12-7-13-25(18-24)34(36)37)29(35)31-28(21-8-3-1-4-9-21)22-10-5-2-6-11-22/h1-19,28H,(H,31,35). The van der Waals surface area contributed by atoms with Gasteiger partial charge in [0.2, 0.25) is 0 Å². The van der Waals surface area contributed by atoms with Gasteiger partial charge in [0.15, 0.2) is 0 Å². The van der Waals surface area contributed by atoms with E-state index in [4.69, 9.17) is 0 Å². The molecule has 0 radical (unpaired) electrons. The smallest absolute Gasteiger partial charge is 0.271 e. The average molecular weight is 493 g/mol. The summed E-state index contributed by atoms with van der Waals surface area (Å²) in [6.07, 6.45) is 0. The number of carbonyl (C=O) groups excluding carboxylic acids is 1. The summed E-state index contributed by atoms with van der Waals surface area (Å²) in [5.41, 5.74) is 3.20. The highest BCUT2D eigenvalue weighted by molar-refractivity contribution is 5.95. The van der Waals surface area contributed by atoms with Crippen LogP contribution >= 0.6 is 0 Å². The second-order valence-corrected chi connectivity index (χ2v) is 8.34. The molecule has 182 valence electrons. The molecular weight excluding hydrogens is 471 g/mol. The molecule has 0 saturated carbocycles. The minimum Gasteiger partial charge on any atom is -0.340 e. The molecule has 37 heavy (non-hydrogen) atoms. The molecule has 0 aliphatic heterocycles. The Balaban J connectivity index is 1.59. The Bertz CT molecular complexity index is 1510. The van der Waals surface area contributed by atoms with E-state index in [2.05, 4.69) is 10.4 Å². The Morgan fingerprint density at radius 1 is 0.838 bits per heavy atom. The molecule has 0 spiro atoms. The number of non-ortho nitro benzene ring substituents is 1. The lowest BCUT2D eigenvalue weighted by molar-refractivity contribution is -0.384. The number of nitro benzene ring substituents is 1. The normalized spacial score (nSPS) is 10.9. The van der Waals surface area contributed by atoms with Gasteiger partial charge in [0, 0.05) is 17.7 Å². The highest BCUT2D eigenvalue weighted by Crippen LogP contribution is 2.26. The first-order chi connectivity index (χ1) is 18.0. The molecule has 5 aromatic rings. The number of halogens is 1. The van der Waals surface area contributed by atoms with Gasteiger partial charge in [-0.1, -0.05) is 66.7 Å². The molecule has 0 saturated heterocycles. The average Bonchev–Trinajstić information content (AvgIpc) is 3.39. The van der Waals surface area contributed by atoms with Crippen LogP contribution in [-0.2, 0) is 0 Å². The van der Waals surface area contributed by atoms with Gasteiger partial charge < -0.3 is 5.32 Å². The summed E-state index contributed by atoms with van der Waals surface area (Å²) in [4.78, 5) is 24.6. The van der Waals surface area contributed by atoms with Gasteiger partial charge in [-0.25, -0.2) is 9.07 Å². The molecule has 1 amide bonds. The topological polar surface area (TPSA) is 90.1 Å². The van der Waals surface area contributed by atoms with E-state index < -0.39 is 22.7 Å². The Kier molecular flexibility index (Phi) is 6.54. The van der Waals surface area contributed by atoms with Gasteiger partial charge in [-0.2, -0.15) is 5.10 Å². The highest BCUT2D eigenvalue weighted by Gasteiger charge is 2.23. The summed E-state index contributed by atoms with van der Waals surface area (Å²) in [6, 6.07) is 31.9. The predicted octanol–water partition coefficient (Wildman–Crippen LogP) is 6.11. The van der Waals surface area contributed by atoms with Crippen molar-refractivity contribution in [3.05, 3.63) is 148 Å². The van der Waals surface area contributed by atoms with Crippen LogP contribution in [0, 0.1) is 15.9 Å². The van der Waals surface area contributed by atoms with Crippen LogP contribution in [0.3, 0.4) is 0 Å². The Morgan fingerprint density at radius 3 is 2.05 bits per heavy atom. The van der Waals surface area contributed by atoms with Crippen LogP contribution < -0.4 is 5.32 Å². The van der Waals surface area contributed by atoms with E-state index in [1.807, 2.05) is 60.7 Å². The fraction of sp³-hybridized carbons (Fsp3) is 0.0345. The third-order valence-electron chi connectivity index (χ3n) is 5.91. The largest absolute Gasteiger partial charge is 0.340 e. The third-order valence-corrected chi connectivity index (χ3v) is 5.91. The Hall–Kier alpha value is -5.11. The van der Waals surface area contributed by atoms with Crippen LogP contribution in [-0.4, -0.2) is 20.6 Å². The summed E-state index contributed by atoms with van der Waals surface area (Å²) in [6.45, 7) is 0. The zero-order chi connectivity index (χ0) is 25.8. The lowest BCUT2D eigenvalue weighted by Gasteiger charge is -2.20. The number of carbonyl (C=O) groups is 1. The van der Waals surface area contributed by atoms with Crippen LogP contribution in [0.4, 0.5) is 10.1 Å². The molecule has 0 bridgehead atoms. The van der Waals surface area contributed by atoms with Crippen molar-refractivity contribution in [2.24, 2.45) is 0 Å². The molecule has 5 rings (SSSR count). The number of benzene rings is 4. The molecule has 8 heteroatoms. The van der Waals surface area contributed by atoms with Gasteiger partial charge in [-0.05, 0) is 47.5 Å². The summed E-state index contributed by atoms with van der Waals surface area (Å²) in [7, 11) is 0. The number of nitrogens with zero attached hydrogens (tertiary/aromatic N) is 3. The van der Waals surface area contributed by atoms with Gasteiger partial charge in [0.05, 0.1) is 22.3 Å². The fourth-order valence-corrected chi connectivity index (χ4v) is 4.09. The molecule has 4 aromatic carbocycles. The summed E-state index contributed by atoms with van der Waals surface area (Å²) in [5, 5.41) is 19.0. The first kappa shape index (κ1) is 23.6. The minimum atomic E-state index is -0.505. The van der Waals surface area contributed by atoms with E-state index in [1.54, 1.807) is 24.3 Å². The summed E-state index contributed by atoms with van der Waals surface area (Å²) in [5.74, 6) is -0.821. The van der Waals surface area contributed by atoms with E-state index in [0.29, 0.717) is 16.9 Å². The van der Waals surface area contributed by atoms with Crippen molar-refractivity contribution < 1.29 is 14.1 Å². The van der Waals surface area contributed by atoms with Crippen molar-refractivity contribution in [3.63, 3.8) is 0 Å². The number of aromatic nitrogens is 2. The number of amides is 1. The van der Waals surface area contributed by atoms with Crippen molar-refractivity contribution >= 4 is 11.6 Å². The quantitative estimate of drug-likeness (QED) is 0.219. The second-order valence-electron chi connectivity index (χ2n) is 8.34. The van der Waals surface area contributed by atoms with Crippen molar-refractivity contribution in [1.29, 1.82) is 0 Å². The number of rotatable bonds is 7. The number of hydrogen-bond donors (Lipinski definition) is 1. The maximum Gasteiger partial charge on any atom is 0.271 e. The molecule has 0 atom stereocenters. The third kappa shape index (κ3) is 5.13. The van der Waals surface area contributed by atoms with Gasteiger partial charge >= 0.3 is 0 Å². The molecule has 0 unspecified atom stereocenters. The Morgan fingerprint density at radius 2 is 1.46 bits per heavy atom. The van der Waals surface area contributed by atoms with E-state index in [0.717, 1.165) is 11.1 Å². The molecule has 1 N–H and O–H groups in total. The number of nitro groups is 1. The summed E-state index contributed by atoms with van der Waals surface area (Å²) >= 11 is 0. The monoisotopic (exact) mass is 492 g/mol. The molecule has 0 aliphatic carbocycles. The van der Waals surface area contributed by atoms with Crippen LogP contribution in [0.1, 0.15) is 27.7 Å². The first-order valence-electron chi connectivity index (χ1n) is 11.5. The molecule has 1 aromatic heterocycles. The second kappa shape index (κ2) is 10.2. The van der Waals surface area contributed by atoms with E-state index in [1.165, 1.54) is 35.0 Å². The lowest BCUT2D eigenvalue weighted by Crippen LogP contribution is -2.31. The van der Waals surface area contributed by atoms with Crippen LogP contribution in [0.25, 0.3) is 16.9 Å². The van der Waals surface area contributed by atoms with Crippen LogP contribution in [0.2, 0.25) is 0 Å². The Labute approximate surface area is 212 Å². The molecule has 7 nitrogen and oxygen atoms in total. The lowest BCUT2D eigenvalue weighted by atomic mass is 9.98. The zero-order valence-electron chi connectivity index (χ0n) is 19.5. The molecule has 1 heterocycles. The van der Waals surface area contributed by atoms with Crippen LogP contribution in [0.15, 0.2) is 115 Å². The summed E-state index contributed by atoms with van der Waals surface area (Å²) < 4.78 is 14.9. The molecule has 0 aliphatic rings. The minimum absolute atomic E-state index is 0.130. The zero-order valence-corrected chi connectivity index (χ0v) is 19.5. The van der Waals surface area contributed by atoms with Gasteiger partial charge in [-0.3, -0.25) is 14.9 Å². The maximum absolute atomic E-state index is 13.7. The molecular formula is C29H21FN4O3. The predicted molar refractivity (Wildman–Crippen MR) is 138 cm³/mol. The SMILES string of the molecule is O=C(NC(c1ccccc1)c1ccccc1)c1cc(-c2ccc(F)cc2)nn1-c1cccc([N+](=O)[O-])c1. The number of nitrogens with one attached hydrogen (secondary N) is 1. The van der Waals surface area contributed by atoms with Crippen molar-refractivity contribution in [3.8, 4) is 16.9 Å². The van der Waals surface area contributed by atoms with Crippen molar-refractivity contribution in [2.45, 2.75) is 6.04 Å². The van der Waals surface area contributed by atoms with Gasteiger partial charge in [0.1, 0.15) is 11.5 Å². The fourth-order valence-electron chi connectivity index (χ4n) is 4.09. The van der Waals surface area contributed by atoms with Crippen LogP contribution in [0.5, 0.6) is 0 Å². The van der Waals surface area contributed by atoms with Gasteiger partial charge in [-0.15, -0.1) is 0 Å². The van der Waals surface area contributed by atoms with E-state index in [-0.39, 0.29) is 11.4 Å². The maximum atomic E-state index is 13.7. The van der Waals surface area contributed by atoms with E-state index in [9.17, 15) is 19.3 Å². The van der Waals surface area contributed by atoms with Crippen molar-refractivity contribution in [2.75, 3.05) is 0 Å². The van der Waals surface area contributed by atoms with E-state index >= 15 is 0 Å². The number of hydrogen-bond acceptors (Lipinski definition) is 4. The van der Waals surface area contributed by atoms with Gasteiger partial charge in [0.25, 0.3) is 11.6 Å².